The summed E-state index contributed by atoms with van der Waals surface area (Å²) in [6, 6.07) is 8.19. The van der Waals surface area contributed by atoms with Gasteiger partial charge >= 0.3 is 0 Å². The van der Waals surface area contributed by atoms with E-state index in [4.69, 9.17) is 30.2 Å². The quantitative estimate of drug-likeness (QED) is 0.261. The van der Waals surface area contributed by atoms with E-state index in [1.165, 1.54) is 0 Å². The van der Waals surface area contributed by atoms with E-state index in [9.17, 15) is 4.79 Å². The van der Waals surface area contributed by atoms with Gasteiger partial charge in [-0.05, 0) is 89.3 Å². The largest absolute Gasteiger partial charge is 0.494 e. The zero-order valence-corrected chi connectivity index (χ0v) is 23.5. The number of unbranched alkanes of at least 4 members (excludes halogenated alkanes) is 3. The minimum Gasteiger partial charge on any atom is -0.494 e. The number of amides is 1. The van der Waals surface area contributed by atoms with Crippen LogP contribution in [0.4, 0.5) is 17.5 Å². The van der Waals surface area contributed by atoms with E-state index in [-0.39, 0.29) is 12.1 Å². The SMILES string of the molecule is CN1CCC(Nc2nc(Nc3ccc(OCCCCCCC(N)=O)cc3)nc3c2ncn3C2CCCCO2)CC1. The summed E-state index contributed by atoms with van der Waals surface area (Å²) < 4.78 is 14.0. The fourth-order valence-corrected chi connectivity index (χ4v) is 5.28. The van der Waals surface area contributed by atoms with E-state index in [1.54, 1.807) is 0 Å². The lowest BCUT2D eigenvalue weighted by atomic mass is 10.1. The van der Waals surface area contributed by atoms with Gasteiger partial charge in [-0.1, -0.05) is 12.8 Å². The molecule has 1 atom stereocenters. The highest BCUT2D eigenvalue weighted by atomic mass is 16.5. The summed E-state index contributed by atoms with van der Waals surface area (Å²) >= 11 is 0. The van der Waals surface area contributed by atoms with Crippen molar-refractivity contribution in [2.24, 2.45) is 5.73 Å². The van der Waals surface area contributed by atoms with Gasteiger partial charge in [0.15, 0.2) is 17.0 Å². The number of imidazole rings is 1. The van der Waals surface area contributed by atoms with E-state index in [0.717, 1.165) is 106 Å². The van der Waals surface area contributed by atoms with Gasteiger partial charge in [0.1, 0.15) is 12.0 Å². The number of anilines is 3. The predicted octanol–water partition coefficient (Wildman–Crippen LogP) is 4.59. The van der Waals surface area contributed by atoms with E-state index in [1.807, 2.05) is 35.2 Å². The average molecular weight is 551 g/mol. The molecule has 0 saturated carbocycles. The van der Waals surface area contributed by atoms with Crippen molar-refractivity contribution in [1.82, 2.24) is 24.4 Å². The Kier molecular flexibility index (Phi) is 9.67. The molecular formula is C29H42N8O3. The summed E-state index contributed by atoms with van der Waals surface area (Å²) in [6.07, 6.45) is 11.3. The second-order valence-electron chi connectivity index (χ2n) is 10.9. The minimum absolute atomic E-state index is 0.0581. The molecule has 1 amide bonds. The van der Waals surface area contributed by atoms with Gasteiger partial charge in [0, 0.05) is 24.8 Å². The van der Waals surface area contributed by atoms with Gasteiger partial charge < -0.3 is 30.7 Å². The molecule has 11 heteroatoms. The Bertz CT molecular complexity index is 1230. The summed E-state index contributed by atoms with van der Waals surface area (Å²) in [5.41, 5.74) is 7.61. The molecule has 4 N–H and O–H groups in total. The number of nitrogens with one attached hydrogen (secondary N) is 2. The van der Waals surface area contributed by atoms with Crippen LogP contribution < -0.4 is 21.1 Å². The Morgan fingerprint density at radius 1 is 1.07 bits per heavy atom. The topological polar surface area (TPSA) is 132 Å². The molecule has 4 heterocycles. The Labute approximate surface area is 235 Å². The highest BCUT2D eigenvalue weighted by Gasteiger charge is 2.23. The maximum atomic E-state index is 10.8. The molecule has 2 fully saturated rings. The van der Waals surface area contributed by atoms with Crippen molar-refractivity contribution in [3.05, 3.63) is 30.6 Å². The van der Waals surface area contributed by atoms with Crippen LogP contribution in [-0.4, -0.2) is 69.7 Å². The standard InChI is InChI=1S/C29H42N8O3/c1-36-16-14-22(15-17-36)32-27-26-28(37(20-31-26)25-9-5-7-19-40-25)35-29(34-27)33-21-10-12-23(13-11-21)39-18-6-3-2-4-8-24(30)38/h10-13,20,22,25H,2-9,14-19H2,1H3,(H2,30,38)(H2,32,33,34,35). The first kappa shape index (κ1) is 28.1. The number of hydrogen-bond donors (Lipinski definition) is 3. The summed E-state index contributed by atoms with van der Waals surface area (Å²) in [7, 11) is 2.16. The number of likely N-dealkylation sites (tertiary alicyclic amines) is 1. The number of carbonyl (C=O) groups excluding carboxylic acids is 1. The molecule has 0 bridgehead atoms. The molecule has 0 radical (unpaired) electrons. The molecule has 2 aliphatic heterocycles. The number of benzene rings is 1. The van der Waals surface area contributed by atoms with Crippen molar-refractivity contribution in [3.8, 4) is 5.75 Å². The van der Waals surface area contributed by atoms with E-state index in [2.05, 4.69) is 22.6 Å². The van der Waals surface area contributed by atoms with Gasteiger partial charge in [-0.3, -0.25) is 9.36 Å². The Morgan fingerprint density at radius 3 is 2.62 bits per heavy atom. The zero-order valence-electron chi connectivity index (χ0n) is 23.5. The molecule has 0 spiro atoms. The monoisotopic (exact) mass is 550 g/mol. The predicted molar refractivity (Wildman–Crippen MR) is 156 cm³/mol. The first-order valence-corrected chi connectivity index (χ1v) is 14.6. The van der Waals surface area contributed by atoms with Crippen molar-refractivity contribution in [2.45, 2.75) is 76.5 Å². The summed E-state index contributed by atoms with van der Waals surface area (Å²) in [5, 5.41) is 7.05. The van der Waals surface area contributed by atoms with Gasteiger partial charge in [0.25, 0.3) is 0 Å². The van der Waals surface area contributed by atoms with Crippen molar-refractivity contribution in [2.75, 3.05) is 44.0 Å². The van der Waals surface area contributed by atoms with Gasteiger partial charge in [-0.15, -0.1) is 0 Å². The zero-order chi connectivity index (χ0) is 27.7. The molecule has 11 nitrogen and oxygen atoms in total. The third-order valence-electron chi connectivity index (χ3n) is 7.64. The van der Waals surface area contributed by atoms with Crippen LogP contribution in [0.15, 0.2) is 30.6 Å². The van der Waals surface area contributed by atoms with Crippen molar-refractivity contribution >= 4 is 34.5 Å². The number of aromatic nitrogens is 4. The van der Waals surface area contributed by atoms with Crippen LogP contribution in [0.5, 0.6) is 5.75 Å². The first-order chi connectivity index (χ1) is 19.5. The van der Waals surface area contributed by atoms with Gasteiger partial charge in [-0.2, -0.15) is 9.97 Å². The fourth-order valence-electron chi connectivity index (χ4n) is 5.28. The van der Waals surface area contributed by atoms with E-state index >= 15 is 0 Å². The maximum absolute atomic E-state index is 10.8. The number of rotatable bonds is 13. The molecule has 40 heavy (non-hydrogen) atoms. The molecule has 2 aromatic heterocycles. The minimum atomic E-state index is -0.233. The number of piperidine rings is 1. The Morgan fingerprint density at radius 2 is 1.88 bits per heavy atom. The molecule has 3 aromatic rings. The van der Waals surface area contributed by atoms with Crippen LogP contribution in [0.2, 0.25) is 0 Å². The van der Waals surface area contributed by atoms with Crippen LogP contribution in [0.3, 0.4) is 0 Å². The highest BCUT2D eigenvalue weighted by molar-refractivity contribution is 5.85. The smallest absolute Gasteiger partial charge is 0.231 e. The number of nitrogens with two attached hydrogens (primary N) is 1. The summed E-state index contributed by atoms with van der Waals surface area (Å²) in [4.78, 5) is 27.6. The Balaban J connectivity index is 1.26. The lowest BCUT2D eigenvalue weighted by Gasteiger charge is -2.30. The number of primary amides is 1. The summed E-state index contributed by atoms with van der Waals surface area (Å²) in [5.74, 6) is 1.86. The summed E-state index contributed by atoms with van der Waals surface area (Å²) in [6.45, 7) is 3.52. The molecule has 0 aliphatic carbocycles. The van der Waals surface area contributed by atoms with Crippen LogP contribution in [0, 0.1) is 0 Å². The molecular weight excluding hydrogens is 508 g/mol. The highest BCUT2D eigenvalue weighted by Crippen LogP contribution is 2.30. The third kappa shape index (κ3) is 7.60. The maximum Gasteiger partial charge on any atom is 0.231 e. The molecule has 1 aromatic carbocycles. The van der Waals surface area contributed by atoms with Crippen LogP contribution in [0.1, 0.15) is 70.4 Å². The molecule has 216 valence electrons. The van der Waals surface area contributed by atoms with Gasteiger partial charge in [0.05, 0.1) is 12.9 Å². The second kappa shape index (κ2) is 13.8. The third-order valence-corrected chi connectivity index (χ3v) is 7.64. The van der Waals surface area contributed by atoms with Crippen molar-refractivity contribution < 1.29 is 14.3 Å². The molecule has 2 aliphatic rings. The molecule has 5 rings (SSSR count). The molecule has 2 saturated heterocycles. The lowest BCUT2D eigenvalue weighted by Crippen LogP contribution is -2.37. The second-order valence-corrected chi connectivity index (χ2v) is 10.9. The van der Waals surface area contributed by atoms with Gasteiger partial charge in [-0.25, -0.2) is 4.98 Å². The van der Waals surface area contributed by atoms with E-state index < -0.39 is 0 Å². The number of ether oxygens (including phenoxy) is 2. The van der Waals surface area contributed by atoms with E-state index in [0.29, 0.717) is 25.0 Å². The number of fused-ring (bicyclic) bond motifs is 1. The molecule has 1 unspecified atom stereocenters. The number of nitrogens with zero attached hydrogens (tertiary/aromatic N) is 5. The normalized spacial score (nSPS) is 18.6. The lowest BCUT2D eigenvalue weighted by molar-refractivity contribution is -0.118. The fraction of sp³-hybridized carbons (Fsp3) is 0.586. The van der Waals surface area contributed by atoms with Crippen LogP contribution >= 0.6 is 0 Å². The van der Waals surface area contributed by atoms with Gasteiger partial charge in [0.2, 0.25) is 11.9 Å². The average Bonchev–Trinajstić information content (AvgIpc) is 3.39. The number of carbonyl (C=O) groups is 1. The van der Waals surface area contributed by atoms with Crippen molar-refractivity contribution in [3.63, 3.8) is 0 Å². The van der Waals surface area contributed by atoms with Crippen LogP contribution in [0.25, 0.3) is 11.2 Å². The first-order valence-electron chi connectivity index (χ1n) is 14.6. The number of hydrogen-bond acceptors (Lipinski definition) is 9. The van der Waals surface area contributed by atoms with Crippen LogP contribution in [-0.2, 0) is 9.53 Å². The van der Waals surface area contributed by atoms with Crippen molar-refractivity contribution in [1.29, 1.82) is 0 Å². The Hall–Kier alpha value is -3.44.